The van der Waals surface area contributed by atoms with Gasteiger partial charge in [-0.25, -0.2) is 9.97 Å². The molecule has 9 nitrogen and oxygen atoms in total. The molecule has 9 heteroatoms. The van der Waals surface area contributed by atoms with E-state index in [2.05, 4.69) is 106 Å². The van der Waals surface area contributed by atoms with Gasteiger partial charge < -0.3 is 15.3 Å². The van der Waals surface area contributed by atoms with E-state index in [9.17, 15) is 4.79 Å². The number of pyridine rings is 3. The van der Waals surface area contributed by atoms with Crippen LogP contribution in [0.2, 0.25) is 0 Å². The molecule has 4 aromatic carbocycles. The fraction of sp³-hybridized carbons (Fsp3) is 0.0175. The van der Waals surface area contributed by atoms with Crippen LogP contribution in [0.5, 0.6) is 0 Å². The molecule has 2 aliphatic rings. The van der Waals surface area contributed by atoms with E-state index >= 15 is 0 Å². The van der Waals surface area contributed by atoms with E-state index < -0.39 is 0 Å². The average Bonchev–Trinajstić information content (AvgIpc) is 4.21. The van der Waals surface area contributed by atoms with Crippen molar-refractivity contribution in [1.82, 2.24) is 34.9 Å². The third-order valence-electron chi connectivity index (χ3n) is 12.1. The van der Waals surface area contributed by atoms with Crippen LogP contribution < -0.4 is 5.32 Å². The van der Waals surface area contributed by atoms with Crippen molar-refractivity contribution in [3.8, 4) is 44.5 Å². The minimum Gasteiger partial charge on any atom is -0.354 e. The molecule has 0 unspecified atom stereocenters. The highest BCUT2D eigenvalue weighted by atomic mass is 16.1. The van der Waals surface area contributed by atoms with Gasteiger partial charge in [-0.15, -0.1) is 0 Å². The van der Waals surface area contributed by atoms with E-state index in [1.54, 1.807) is 12.1 Å². The molecule has 0 radical (unpaired) electrons. The van der Waals surface area contributed by atoms with Gasteiger partial charge in [0.05, 0.1) is 33.8 Å². The summed E-state index contributed by atoms with van der Waals surface area (Å²) in [5.41, 5.74) is 18.1. The third-order valence-corrected chi connectivity index (χ3v) is 12.1. The fourth-order valence-corrected chi connectivity index (χ4v) is 9.04. The zero-order chi connectivity index (χ0) is 44.1. The first kappa shape index (κ1) is 38.6. The van der Waals surface area contributed by atoms with E-state index in [1.165, 1.54) is 0 Å². The van der Waals surface area contributed by atoms with Crippen molar-refractivity contribution >= 4 is 79.8 Å². The molecule has 1 amide bonds. The number of nitrogens with one attached hydrogen (secondary N) is 3. The maximum Gasteiger partial charge on any atom is 0.255 e. The summed E-state index contributed by atoms with van der Waals surface area (Å²) >= 11 is 0. The number of H-pyrrole nitrogens is 2. The molecule has 6 aromatic heterocycles. The number of aromatic nitrogens is 7. The molecular weight excluding hydrogens is 813 g/mol. The van der Waals surface area contributed by atoms with Gasteiger partial charge in [-0.1, -0.05) is 66.7 Å². The van der Waals surface area contributed by atoms with Crippen LogP contribution in [0.1, 0.15) is 38.7 Å². The number of hydrogen-bond acceptors (Lipinski definition) is 6. The molecule has 12 rings (SSSR count). The van der Waals surface area contributed by atoms with Crippen LogP contribution in [0, 0.1) is 6.92 Å². The number of fused-ring (bicyclic) bond motifs is 10. The number of aryl methyl sites for hydroxylation is 1. The number of aromatic amines is 2. The predicted octanol–water partition coefficient (Wildman–Crippen LogP) is 13.4. The Morgan fingerprint density at radius 1 is 0.455 bits per heavy atom. The van der Waals surface area contributed by atoms with E-state index in [4.69, 9.17) is 19.9 Å². The van der Waals surface area contributed by atoms with Crippen molar-refractivity contribution in [2.75, 3.05) is 5.32 Å². The standard InChI is InChI=1S/C57H38N8O/c1-34-27-39(31-58-30-34)54-47-23-25-51(64-47)55(40-28-37-11-5-7-13-43(37)59-32-40)49-21-19-45(62-49)53(35-15-17-42(18-16-35)61-57(66)36-9-3-2-4-10-36)46-20-22-50(63-46)56(52-26-24-48(54)65-52)41-29-38-12-6-8-14-44(38)60-33-41/h2-33,62,65H,1H3,(H,61,66). The van der Waals surface area contributed by atoms with E-state index in [1.807, 2.05) is 104 Å². The Morgan fingerprint density at radius 3 is 1.41 bits per heavy atom. The first-order chi connectivity index (χ1) is 32.5. The Balaban J connectivity index is 1.16. The second-order valence-corrected chi connectivity index (χ2v) is 16.5. The van der Waals surface area contributed by atoms with Gasteiger partial charge in [-0.2, -0.15) is 0 Å². The van der Waals surface area contributed by atoms with Gasteiger partial charge in [0, 0.05) is 108 Å². The highest BCUT2D eigenvalue weighted by molar-refractivity contribution is 6.05. The van der Waals surface area contributed by atoms with Crippen molar-refractivity contribution in [1.29, 1.82) is 0 Å². The first-order valence-corrected chi connectivity index (χ1v) is 21.7. The number of nitrogens with zero attached hydrogens (tertiary/aromatic N) is 5. The number of amides is 1. The Hall–Kier alpha value is -9.08. The van der Waals surface area contributed by atoms with Crippen molar-refractivity contribution in [2.45, 2.75) is 6.92 Å². The number of carbonyl (C=O) groups is 1. The molecule has 312 valence electrons. The number of benzene rings is 4. The molecule has 8 bridgehead atoms. The highest BCUT2D eigenvalue weighted by Gasteiger charge is 2.20. The predicted molar refractivity (Wildman–Crippen MR) is 268 cm³/mol. The molecule has 0 aliphatic carbocycles. The lowest BCUT2D eigenvalue weighted by atomic mass is 10.0. The Morgan fingerprint density at radius 2 is 0.909 bits per heavy atom. The minimum atomic E-state index is -0.174. The number of rotatable bonds is 6. The van der Waals surface area contributed by atoms with Gasteiger partial charge >= 0.3 is 0 Å². The fourth-order valence-electron chi connectivity index (χ4n) is 9.04. The lowest BCUT2D eigenvalue weighted by Gasteiger charge is -2.09. The topological polar surface area (TPSA) is 125 Å². The number of hydrogen-bond donors (Lipinski definition) is 3. The average molecular weight is 851 g/mol. The Bertz CT molecular complexity index is 3750. The molecule has 66 heavy (non-hydrogen) atoms. The first-order valence-electron chi connectivity index (χ1n) is 21.7. The zero-order valence-electron chi connectivity index (χ0n) is 35.6. The van der Waals surface area contributed by atoms with Crippen LogP contribution >= 0.6 is 0 Å². The zero-order valence-corrected chi connectivity index (χ0v) is 35.6. The monoisotopic (exact) mass is 850 g/mol. The molecular formula is C57H38N8O. The number of para-hydroxylation sites is 2. The third kappa shape index (κ3) is 7.01. The molecule has 10 aromatic rings. The van der Waals surface area contributed by atoms with Crippen molar-refractivity contribution in [2.24, 2.45) is 0 Å². The van der Waals surface area contributed by atoms with Gasteiger partial charge in [-0.3, -0.25) is 19.7 Å². The molecule has 0 spiro atoms. The quantitative estimate of drug-likeness (QED) is 0.153. The lowest BCUT2D eigenvalue weighted by Crippen LogP contribution is -2.11. The maximum atomic E-state index is 13.2. The summed E-state index contributed by atoms with van der Waals surface area (Å²) in [6.45, 7) is 2.05. The Labute approximate surface area is 379 Å². The molecule has 0 saturated carbocycles. The molecule has 3 N–H and O–H groups in total. The summed E-state index contributed by atoms with van der Waals surface area (Å²) in [6, 6.07) is 48.4. The lowest BCUT2D eigenvalue weighted by molar-refractivity contribution is 0.102. The highest BCUT2D eigenvalue weighted by Crippen LogP contribution is 2.39. The van der Waals surface area contributed by atoms with Crippen LogP contribution in [0.4, 0.5) is 5.69 Å². The van der Waals surface area contributed by atoms with E-state index in [0.717, 1.165) is 117 Å². The van der Waals surface area contributed by atoms with Crippen molar-refractivity contribution in [3.05, 3.63) is 204 Å². The maximum absolute atomic E-state index is 13.2. The van der Waals surface area contributed by atoms with Crippen LogP contribution in [-0.2, 0) is 0 Å². The smallest absolute Gasteiger partial charge is 0.255 e. The largest absolute Gasteiger partial charge is 0.354 e. The van der Waals surface area contributed by atoms with Gasteiger partial charge in [-0.05, 0) is 121 Å². The molecule has 2 aliphatic heterocycles. The summed E-state index contributed by atoms with van der Waals surface area (Å²) in [5.74, 6) is -0.174. The second kappa shape index (κ2) is 15.9. The summed E-state index contributed by atoms with van der Waals surface area (Å²) in [5, 5.41) is 5.11. The van der Waals surface area contributed by atoms with Gasteiger partial charge in [0.15, 0.2) is 0 Å². The van der Waals surface area contributed by atoms with Gasteiger partial charge in [0.1, 0.15) is 0 Å². The van der Waals surface area contributed by atoms with E-state index in [-0.39, 0.29) is 5.91 Å². The van der Waals surface area contributed by atoms with Gasteiger partial charge in [0.2, 0.25) is 0 Å². The summed E-state index contributed by atoms with van der Waals surface area (Å²) in [7, 11) is 0. The molecule has 8 heterocycles. The van der Waals surface area contributed by atoms with Crippen LogP contribution in [0.25, 0.3) is 113 Å². The van der Waals surface area contributed by atoms with Crippen molar-refractivity contribution < 1.29 is 4.79 Å². The summed E-state index contributed by atoms with van der Waals surface area (Å²) in [4.78, 5) is 46.2. The Kier molecular flexibility index (Phi) is 9.31. The SMILES string of the molecule is Cc1cncc(-c2c3nc(c(-c4cnc5ccccc5c4)c4ccc([nH]4)c(-c4ccc(NC(=O)c5ccccc5)cc4)c4nc(c(-c5cnc6ccccc6c5)c5ccc2[nH]5)C=C4)C=C3)c1. The number of anilines is 1. The molecule has 0 atom stereocenters. The second-order valence-electron chi connectivity index (χ2n) is 16.5. The van der Waals surface area contributed by atoms with Crippen LogP contribution in [-0.4, -0.2) is 40.8 Å². The van der Waals surface area contributed by atoms with Gasteiger partial charge in [0.25, 0.3) is 5.91 Å². The summed E-state index contributed by atoms with van der Waals surface area (Å²) < 4.78 is 0. The molecule has 0 saturated heterocycles. The van der Waals surface area contributed by atoms with Crippen molar-refractivity contribution in [3.63, 3.8) is 0 Å². The van der Waals surface area contributed by atoms with Crippen LogP contribution in [0.3, 0.4) is 0 Å². The summed E-state index contributed by atoms with van der Waals surface area (Å²) in [6.07, 6.45) is 15.9. The van der Waals surface area contributed by atoms with Crippen LogP contribution in [0.15, 0.2) is 170 Å². The molecule has 0 fully saturated rings. The minimum absolute atomic E-state index is 0.174. The number of carbonyl (C=O) groups excluding carboxylic acids is 1. The normalized spacial score (nSPS) is 12.0. The van der Waals surface area contributed by atoms with E-state index in [0.29, 0.717) is 11.3 Å².